The quantitative estimate of drug-likeness (QED) is 0.623. The number of rotatable bonds is 6. The third-order valence-corrected chi connectivity index (χ3v) is 5.03. The van der Waals surface area contributed by atoms with E-state index in [4.69, 9.17) is 21.7 Å². The number of fused-ring (bicyclic) bond motifs is 2. The van der Waals surface area contributed by atoms with E-state index in [1.165, 1.54) is 25.7 Å². The summed E-state index contributed by atoms with van der Waals surface area (Å²) in [5.41, 5.74) is 0. The number of thiocarbonyl (C=S) groups is 1. The molecule has 2 saturated carbocycles. The van der Waals surface area contributed by atoms with Gasteiger partial charge in [0.25, 0.3) is 0 Å². The number of ether oxygens (including phenoxy) is 2. The number of hydrogen-bond donors (Lipinski definition) is 2. The molecule has 120 valence electrons. The lowest BCUT2D eigenvalue weighted by molar-refractivity contribution is 0.297. The Hall–Kier alpha value is -1.49. The molecule has 1 aromatic carbocycles. The van der Waals surface area contributed by atoms with Gasteiger partial charge < -0.3 is 20.1 Å². The topological polar surface area (TPSA) is 42.5 Å². The smallest absolute Gasteiger partial charge is 0.166 e. The van der Waals surface area contributed by atoms with Crippen LogP contribution in [0, 0.1) is 11.8 Å². The second-order valence-electron chi connectivity index (χ2n) is 6.18. The fourth-order valence-corrected chi connectivity index (χ4v) is 3.96. The van der Waals surface area contributed by atoms with Crippen LogP contribution in [0.25, 0.3) is 0 Å². The van der Waals surface area contributed by atoms with Crippen molar-refractivity contribution >= 4 is 17.3 Å². The lowest BCUT2D eigenvalue weighted by atomic mass is 9.96. The standard InChI is InChI=1S/C17H24N2O2S/c1-20-15-4-2-3-5-16(15)21-9-8-18-17(22)19-14-11-12-6-7-13(14)10-12/h2-5,12-14H,6-11H2,1H3,(H2,18,19,22)/t12-,13-,14-/m1/s1. The molecule has 0 radical (unpaired) electrons. The Morgan fingerprint density at radius 1 is 1.23 bits per heavy atom. The van der Waals surface area contributed by atoms with Crippen molar-refractivity contribution in [2.45, 2.75) is 31.7 Å². The Labute approximate surface area is 137 Å². The van der Waals surface area contributed by atoms with Gasteiger partial charge in [0.05, 0.1) is 13.7 Å². The Balaban J connectivity index is 1.35. The molecule has 0 spiro atoms. The summed E-state index contributed by atoms with van der Waals surface area (Å²) in [6.45, 7) is 1.24. The molecule has 3 rings (SSSR count). The van der Waals surface area contributed by atoms with E-state index in [-0.39, 0.29) is 0 Å². The van der Waals surface area contributed by atoms with Crippen LogP contribution < -0.4 is 20.1 Å². The van der Waals surface area contributed by atoms with E-state index in [1.807, 2.05) is 24.3 Å². The molecule has 0 aromatic heterocycles. The summed E-state index contributed by atoms with van der Waals surface area (Å²) in [7, 11) is 1.65. The average molecular weight is 320 g/mol. The van der Waals surface area contributed by atoms with Crippen LogP contribution in [0.5, 0.6) is 11.5 Å². The molecule has 22 heavy (non-hydrogen) atoms. The summed E-state index contributed by atoms with van der Waals surface area (Å²) in [6.07, 6.45) is 5.44. The molecule has 0 saturated heterocycles. The second kappa shape index (κ2) is 7.18. The van der Waals surface area contributed by atoms with Crippen LogP contribution in [-0.4, -0.2) is 31.4 Å². The first kappa shape index (κ1) is 15.4. The summed E-state index contributed by atoms with van der Waals surface area (Å²) < 4.78 is 11.0. The normalized spacial score (nSPS) is 25.8. The summed E-state index contributed by atoms with van der Waals surface area (Å²) in [6, 6.07) is 8.24. The van der Waals surface area contributed by atoms with Gasteiger partial charge in [-0.1, -0.05) is 18.6 Å². The van der Waals surface area contributed by atoms with Crippen molar-refractivity contribution < 1.29 is 9.47 Å². The molecular weight excluding hydrogens is 296 g/mol. The fraction of sp³-hybridized carbons (Fsp3) is 0.588. The van der Waals surface area contributed by atoms with Gasteiger partial charge in [-0.15, -0.1) is 0 Å². The molecule has 2 aliphatic carbocycles. The van der Waals surface area contributed by atoms with Crippen LogP contribution in [-0.2, 0) is 0 Å². The first-order valence-corrected chi connectivity index (χ1v) is 8.47. The summed E-state index contributed by atoms with van der Waals surface area (Å²) in [5, 5.41) is 7.45. The molecule has 0 aliphatic heterocycles. The SMILES string of the molecule is COc1ccccc1OCCNC(=S)N[C@@H]1C[C@@H]2CC[C@@H]1C2. The van der Waals surface area contributed by atoms with Gasteiger partial charge in [0, 0.05) is 6.04 Å². The Kier molecular flexibility index (Phi) is 5.03. The fourth-order valence-electron chi connectivity index (χ4n) is 3.70. The van der Waals surface area contributed by atoms with Crippen LogP contribution in [0.4, 0.5) is 0 Å². The monoisotopic (exact) mass is 320 g/mol. The minimum atomic E-state index is 0.554. The van der Waals surface area contributed by atoms with Gasteiger partial charge >= 0.3 is 0 Å². The van der Waals surface area contributed by atoms with Gasteiger partial charge in [0.1, 0.15) is 6.61 Å². The van der Waals surface area contributed by atoms with Crippen molar-refractivity contribution in [1.82, 2.24) is 10.6 Å². The molecule has 0 unspecified atom stereocenters. The average Bonchev–Trinajstić information content (AvgIpc) is 3.14. The zero-order valence-electron chi connectivity index (χ0n) is 13.0. The van der Waals surface area contributed by atoms with E-state index >= 15 is 0 Å². The van der Waals surface area contributed by atoms with Gasteiger partial charge in [0.15, 0.2) is 16.6 Å². The van der Waals surface area contributed by atoms with Gasteiger partial charge in [-0.25, -0.2) is 0 Å². The van der Waals surface area contributed by atoms with Crippen molar-refractivity contribution in [3.63, 3.8) is 0 Å². The van der Waals surface area contributed by atoms with Crippen molar-refractivity contribution in [2.75, 3.05) is 20.3 Å². The molecule has 3 atom stereocenters. The van der Waals surface area contributed by atoms with Gasteiger partial charge in [-0.05, 0) is 55.4 Å². The molecule has 2 bridgehead atoms. The van der Waals surface area contributed by atoms with E-state index in [9.17, 15) is 0 Å². The highest BCUT2D eigenvalue weighted by Gasteiger charge is 2.39. The van der Waals surface area contributed by atoms with Gasteiger partial charge in [-0.2, -0.15) is 0 Å². The van der Waals surface area contributed by atoms with E-state index in [1.54, 1.807) is 7.11 Å². The van der Waals surface area contributed by atoms with E-state index in [2.05, 4.69) is 10.6 Å². The lowest BCUT2D eigenvalue weighted by Crippen LogP contribution is -2.45. The van der Waals surface area contributed by atoms with Crippen LogP contribution in [0.15, 0.2) is 24.3 Å². The number of methoxy groups -OCH3 is 1. The molecule has 5 heteroatoms. The number of benzene rings is 1. The summed E-state index contributed by atoms with van der Waals surface area (Å²) in [4.78, 5) is 0. The van der Waals surface area contributed by atoms with Crippen molar-refractivity contribution in [3.8, 4) is 11.5 Å². The predicted molar refractivity (Wildman–Crippen MR) is 91.5 cm³/mol. The molecule has 0 heterocycles. The zero-order valence-corrected chi connectivity index (χ0v) is 13.8. The lowest BCUT2D eigenvalue weighted by Gasteiger charge is -2.24. The van der Waals surface area contributed by atoms with Crippen LogP contribution in [0.1, 0.15) is 25.7 Å². The molecule has 2 N–H and O–H groups in total. The first-order valence-electron chi connectivity index (χ1n) is 8.06. The molecule has 0 amide bonds. The third-order valence-electron chi connectivity index (χ3n) is 4.77. The Morgan fingerprint density at radius 3 is 2.73 bits per heavy atom. The molecule has 4 nitrogen and oxygen atoms in total. The van der Waals surface area contributed by atoms with Gasteiger partial charge in [0.2, 0.25) is 0 Å². The highest BCUT2D eigenvalue weighted by atomic mass is 32.1. The maximum absolute atomic E-state index is 5.72. The molecule has 2 aliphatic rings. The van der Waals surface area contributed by atoms with Crippen LogP contribution in [0.2, 0.25) is 0 Å². The van der Waals surface area contributed by atoms with E-state index < -0.39 is 0 Å². The summed E-state index contributed by atoms with van der Waals surface area (Å²) in [5.74, 6) is 3.28. The van der Waals surface area contributed by atoms with Gasteiger partial charge in [-0.3, -0.25) is 0 Å². The minimum absolute atomic E-state index is 0.554. The molecule has 1 aromatic rings. The number of para-hydroxylation sites is 2. The zero-order chi connectivity index (χ0) is 15.4. The highest BCUT2D eigenvalue weighted by molar-refractivity contribution is 7.80. The van der Waals surface area contributed by atoms with Crippen molar-refractivity contribution in [2.24, 2.45) is 11.8 Å². The van der Waals surface area contributed by atoms with Crippen LogP contribution in [0.3, 0.4) is 0 Å². The Bertz CT molecular complexity index is 523. The maximum atomic E-state index is 5.72. The minimum Gasteiger partial charge on any atom is -0.493 e. The van der Waals surface area contributed by atoms with Crippen LogP contribution >= 0.6 is 12.2 Å². The van der Waals surface area contributed by atoms with Crippen molar-refractivity contribution in [1.29, 1.82) is 0 Å². The predicted octanol–water partition coefficient (Wildman–Crippen LogP) is 2.73. The van der Waals surface area contributed by atoms with E-state index in [0.717, 1.165) is 28.4 Å². The number of nitrogens with one attached hydrogen (secondary N) is 2. The largest absolute Gasteiger partial charge is 0.493 e. The maximum Gasteiger partial charge on any atom is 0.166 e. The molecular formula is C17H24N2O2S. The Morgan fingerprint density at radius 2 is 2.05 bits per heavy atom. The van der Waals surface area contributed by atoms with Crippen molar-refractivity contribution in [3.05, 3.63) is 24.3 Å². The first-order chi connectivity index (χ1) is 10.8. The van der Waals surface area contributed by atoms with E-state index in [0.29, 0.717) is 19.2 Å². The second-order valence-corrected chi connectivity index (χ2v) is 6.59. The highest BCUT2D eigenvalue weighted by Crippen LogP contribution is 2.44. The summed E-state index contributed by atoms with van der Waals surface area (Å²) >= 11 is 5.38. The number of hydrogen-bond acceptors (Lipinski definition) is 3. The molecule has 2 fully saturated rings. The third kappa shape index (κ3) is 3.64.